The SMILES string of the molecule is NC(=O)c1c(NC(=O)COC(=O)c2cc(Cl)ccn2)sc2c1CCC2. The summed E-state index contributed by atoms with van der Waals surface area (Å²) in [6, 6.07) is 2.86. The summed E-state index contributed by atoms with van der Waals surface area (Å²) in [7, 11) is 0. The number of aromatic nitrogens is 1. The standard InChI is InChI=1S/C16H14ClN3O4S/c17-8-4-5-19-10(6-8)16(23)24-7-12(21)20-15-13(14(18)22)9-2-1-3-11(9)25-15/h4-6H,1-3,7H2,(H2,18,22)(H,20,21). The van der Waals surface area contributed by atoms with Crippen LogP contribution in [0.4, 0.5) is 5.00 Å². The molecule has 2 aromatic heterocycles. The molecule has 0 radical (unpaired) electrons. The zero-order valence-electron chi connectivity index (χ0n) is 13.0. The van der Waals surface area contributed by atoms with Gasteiger partial charge in [0.25, 0.3) is 11.8 Å². The normalized spacial score (nSPS) is 12.5. The average molecular weight is 380 g/mol. The molecule has 0 saturated heterocycles. The number of nitrogens with zero attached hydrogens (tertiary/aromatic N) is 1. The van der Waals surface area contributed by atoms with Crippen LogP contribution in [0, 0.1) is 0 Å². The fourth-order valence-electron chi connectivity index (χ4n) is 2.64. The number of anilines is 1. The molecule has 0 unspecified atom stereocenters. The van der Waals surface area contributed by atoms with Crippen molar-refractivity contribution >= 4 is 45.7 Å². The van der Waals surface area contributed by atoms with Crippen LogP contribution in [0.3, 0.4) is 0 Å². The number of pyridine rings is 1. The number of thiophene rings is 1. The molecule has 3 rings (SSSR count). The van der Waals surface area contributed by atoms with E-state index in [1.54, 1.807) is 0 Å². The predicted octanol–water partition coefficient (Wildman–Crippen LogP) is 2.18. The Morgan fingerprint density at radius 2 is 2.16 bits per heavy atom. The van der Waals surface area contributed by atoms with Crippen molar-refractivity contribution in [2.45, 2.75) is 19.3 Å². The van der Waals surface area contributed by atoms with E-state index < -0.39 is 24.4 Å². The maximum absolute atomic E-state index is 12.0. The molecule has 0 aliphatic heterocycles. The zero-order chi connectivity index (χ0) is 18.0. The Kier molecular flexibility index (Phi) is 5.00. The first kappa shape index (κ1) is 17.4. The van der Waals surface area contributed by atoms with E-state index in [1.165, 1.54) is 29.7 Å². The highest BCUT2D eigenvalue weighted by Gasteiger charge is 2.26. The lowest BCUT2D eigenvalue weighted by atomic mass is 10.1. The smallest absolute Gasteiger partial charge is 0.357 e. The molecular weight excluding hydrogens is 366 g/mol. The Labute approximate surface area is 152 Å². The Balaban J connectivity index is 1.64. The summed E-state index contributed by atoms with van der Waals surface area (Å²) in [5.41, 5.74) is 6.70. The molecule has 9 heteroatoms. The number of primary amides is 1. The Bertz CT molecular complexity index is 865. The van der Waals surface area contributed by atoms with Crippen molar-refractivity contribution in [2.75, 3.05) is 11.9 Å². The Hall–Kier alpha value is -2.45. The van der Waals surface area contributed by atoms with Gasteiger partial charge in [0.05, 0.1) is 5.56 Å². The van der Waals surface area contributed by atoms with Crippen molar-refractivity contribution in [3.8, 4) is 0 Å². The minimum absolute atomic E-state index is 0.00762. The first-order chi connectivity index (χ1) is 12.0. The number of carbonyl (C=O) groups is 3. The molecule has 0 fully saturated rings. The fourth-order valence-corrected chi connectivity index (χ4v) is 4.11. The van der Waals surface area contributed by atoms with Crippen LogP contribution in [-0.2, 0) is 22.4 Å². The monoisotopic (exact) mass is 379 g/mol. The van der Waals surface area contributed by atoms with E-state index in [2.05, 4.69) is 10.3 Å². The van der Waals surface area contributed by atoms with Gasteiger partial charge in [0.2, 0.25) is 0 Å². The summed E-state index contributed by atoms with van der Waals surface area (Å²) >= 11 is 7.11. The highest BCUT2D eigenvalue weighted by molar-refractivity contribution is 7.17. The van der Waals surface area contributed by atoms with Crippen molar-refractivity contribution in [3.63, 3.8) is 0 Å². The van der Waals surface area contributed by atoms with Crippen LogP contribution in [0.5, 0.6) is 0 Å². The van der Waals surface area contributed by atoms with E-state index in [4.69, 9.17) is 22.1 Å². The molecule has 1 aliphatic carbocycles. The number of ether oxygens (including phenoxy) is 1. The molecule has 7 nitrogen and oxygen atoms in total. The van der Waals surface area contributed by atoms with Crippen LogP contribution in [0.15, 0.2) is 18.3 Å². The van der Waals surface area contributed by atoms with Gasteiger partial charge in [-0.1, -0.05) is 11.6 Å². The highest BCUT2D eigenvalue weighted by Crippen LogP contribution is 2.38. The molecule has 0 atom stereocenters. The summed E-state index contributed by atoms with van der Waals surface area (Å²) in [6.07, 6.45) is 3.98. The zero-order valence-corrected chi connectivity index (χ0v) is 14.6. The number of fused-ring (bicyclic) bond motifs is 1. The predicted molar refractivity (Wildman–Crippen MR) is 93.0 cm³/mol. The highest BCUT2D eigenvalue weighted by atomic mass is 35.5. The summed E-state index contributed by atoms with van der Waals surface area (Å²) in [5, 5.41) is 3.34. The van der Waals surface area contributed by atoms with Gasteiger partial charge in [0.15, 0.2) is 6.61 Å². The lowest BCUT2D eigenvalue weighted by Crippen LogP contribution is -2.23. The Morgan fingerprint density at radius 3 is 2.88 bits per heavy atom. The van der Waals surface area contributed by atoms with Crippen molar-refractivity contribution < 1.29 is 19.1 Å². The van der Waals surface area contributed by atoms with Gasteiger partial charge in [-0.3, -0.25) is 9.59 Å². The number of amides is 2. The molecule has 0 aromatic carbocycles. The molecule has 2 heterocycles. The number of nitrogens with two attached hydrogens (primary N) is 1. The first-order valence-electron chi connectivity index (χ1n) is 7.48. The second-order valence-electron chi connectivity index (χ2n) is 5.41. The van der Waals surface area contributed by atoms with Crippen LogP contribution < -0.4 is 11.1 Å². The minimum atomic E-state index is -0.763. The van der Waals surface area contributed by atoms with Crippen LogP contribution >= 0.6 is 22.9 Å². The number of hydrogen-bond acceptors (Lipinski definition) is 6. The topological polar surface area (TPSA) is 111 Å². The van der Waals surface area contributed by atoms with Gasteiger partial charge in [-0.25, -0.2) is 9.78 Å². The van der Waals surface area contributed by atoms with Gasteiger partial charge >= 0.3 is 5.97 Å². The van der Waals surface area contributed by atoms with Gasteiger partial charge in [0.1, 0.15) is 10.7 Å². The lowest BCUT2D eigenvalue weighted by molar-refractivity contribution is -0.119. The second-order valence-corrected chi connectivity index (χ2v) is 6.95. The van der Waals surface area contributed by atoms with Crippen LogP contribution in [-0.4, -0.2) is 29.4 Å². The minimum Gasteiger partial charge on any atom is -0.451 e. The summed E-state index contributed by atoms with van der Waals surface area (Å²) < 4.78 is 4.91. The number of rotatable bonds is 5. The molecule has 2 aromatic rings. The lowest BCUT2D eigenvalue weighted by Gasteiger charge is -2.07. The third kappa shape index (κ3) is 3.80. The summed E-state index contributed by atoms with van der Waals surface area (Å²) in [4.78, 5) is 40.4. The fraction of sp³-hybridized carbons (Fsp3) is 0.250. The van der Waals surface area contributed by atoms with Crippen molar-refractivity contribution in [1.29, 1.82) is 0 Å². The molecule has 25 heavy (non-hydrogen) atoms. The molecule has 0 bridgehead atoms. The molecule has 1 aliphatic rings. The first-order valence-corrected chi connectivity index (χ1v) is 8.68. The van der Waals surface area contributed by atoms with Gasteiger partial charge < -0.3 is 15.8 Å². The van der Waals surface area contributed by atoms with Crippen molar-refractivity contribution in [1.82, 2.24) is 4.98 Å². The van der Waals surface area contributed by atoms with E-state index in [9.17, 15) is 14.4 Å². The van der Waals surface area contributed by atoms with E-state index in [-0.39, 0.29) is 5.69 Å². The van der Waals surface area contributed by atoms with Gasteiger partial charge in [-0.05, 0) is 37.0 Å². The maximum Gasteiger partial charge on any atom is 0.357 e. The number of esters is 1. The third-order valence-corrected chi connectivity index (χ3v) is 5.13. The summed E-state index contributed by atoms with van der Waals surface area (Å²) in [6.45, 7) is -0.506. The molecular formula is C16H14ClN3O4S. The van der Waals surface area contributed by atoms with Gasteiger partial charge in [0, 0.05) is 16.1 Å². The van der Waals surface area contributed by atoms with Crippen LogP contribution in [0.25, 0.3) is 0 Å². The molecule has 2 amide bonds. The van der Waals surface area contributed by atoms with Crippen LogP contribution in [0.1, 0.15) is 37.7 Å². The second kappa shape index (κ2) is 7.20. The van der Waals surface area contributed by atoms with Crippen LogP contribution in [0.2, 0.25) is 5.02 Å². The molecule has 0 spiro atoms. The van der Waals surface area contributed by atoms with Crippen molar-refractivity contribution in [3.05, 3.63) is 45.1 Å². The number of halogens is 1. The van der Waals surface area contributed by atoms with Gasteiger partial charge in [-0.15, -0.1) is 11.3 Å². The average Bonchev–Trinajstić information content (AvgIpc) is 3.12. The Morgan fingerprint density at radius 1 is 1.36 bits per heavy atom. The van der Waals surface area contributed by atoms with Crippen molar-refractivity contribution in [2.24, 2.45) is 5.73 Å². The van der Waals surface area contributed by atoms with Gasteiger partial charge in [-0.2, -0.15) is 0 Å². The molecule has 0 saturated carbocycles. The van der Waals surface area contributed by atoms with E-state index in [0.29, 0.717) is 15.6 Å². The number of aryl methyl sites for hydroxylation is 1. The number of nitrogens with one attached hydrogen (secondary N) is 1. The quantitative estimate of drug-likeness (QED) is 0.773. The maximum atomic E-state index is 12.0. The molecule has 3 N–H and O–H groups in total. The van der Waals surface area contributed by atoms with E-state index >= 15 is 0 Å². The van der Waals surface area contributed by atoms with E-state index in [1.807, 2.05) is 0 Å². The largest absolute Gasteiger partial charge is 0.451 e. The third-order valence-electron chi connectivity index (χ3n) is 3.69. The number of hydrogen-bond donors (Lipinski definition) is 2. The van der Waals surface area contributed by atoms with E-state index in [0.717, 1.165) is 29.7 Å². The number of carbonyl (C=O) groups excluding carboxylic acids is 3. The molecule has 130 valence electrons. The summed E-state index contributed by atoms with van der Waals surface area (Å²) in [5.74, 6) is -1.89.